The standard InChI is InChI=1S/C16H24N2O/c1-2-8-17-14-15-6-5-7-16(13-15)19-12-11-18-9-3-4-10-18/h1,5-7,13,17H,2-4,8-12,14H2. The van der Waals surface area contributed by atoms with E-state index in [4.69, 9.17) is 11.7 Å². The monoisotopic (exact) mass is 260 g/mol. The van der Waals surface area contributed by atoms with E-state index in [0.717, 1.165) is 32.0 Å². The van der Waals surface area contributed by atoms with Crippen molar-refractivity contribution in [3.63, 3.8) is 0 Å². The lowest BCUT2D eigenvalue weighted by Gasteiger charge is -2.15. The van der Waals surface area contributed by atoms with Crippen molar-refractivity contribution in [1.29, 1.82) is 0 Å². The lowest BCUT2D eigenvalue weighted by molar-refractivity contribution is 0.237. The summed E-state index contributed by atoms with van der Waals surface area (Å²) >= 11 is 0. The zero-order valence-corrected chi connectivity index (χ0v) is 11.6. The van der Waals surface area contributed by atoms with Gasteiger partial charge >= 0.3 is 0 Å². The minimum Gasteiger partial charge on any atom is -0.492 e. The van der Waals surface area contributed by atoms with Crippen LogP contribution in [0.1, 0.15) is 24.8 Å². The molecule has 2 rings (SSSR count). The Morgan fingerprint density at radius 1 is 1.26 bits per heavy atom. The number of hydrogen-bond acceptors (Lipinski definition) is 3. The molecule has 1 aromatic rings. The summed E-state index contributed by atoms with van der Waals surface area (Å²) < 4.78 is 5.82. The summed E-state index contributed by atoms with van der Waals surface area (Å²) in [5.41, 5.74) is 1.24. The van der Waals surface area contributed by atoms with Gasteiger partial charge in [0.15, 0.2) is 0 Å². The van der Waals surface area contributed by atoms with Crippen molar-refractivity contribution >= 4 is 0 Å². The second-order valence-corrected chi connectivity index (χ2v) is 5.01. The summed E-state index contributed by atoms with van der Waals surface area (Å²) in [5.74, 6) is 0.964. The molecule has 1 N–H and O–H groups in total. The molecule has 1 saturated heterocycles. The van der Waals surface area contributed by atoms with Gasteiger partial charge in [-0.2, -0.15) is 0 Å². The largest absolute Gasteiger partial charge is 0.492 e. The van der Waals surface area contributed by atoms with Gasteiger partial charge in [-0.3, -0.25) is 4.90 Å². The smallest absolute Gasteiger partial charge is 0.119 e. The van der Waals surface area contributed by atoms with Crippen LogP contribution >= 0.6 is 0 Å². The Hall–Kier alpha value is -1.06. The Balaban J connectivity index is 1.71. The SMILES string of the molecule is [CH]CCNCc1cccc(OCCN2CCCC2)c1. The van der Waals surface area contributed by atoms with Gasteiger partial charge in [-0.15, -0.1) is 0 Å². The summed E-state index contributed by atoms with van der Waals surface area (Å²) in [6, 6.07) is 8.28. The summed E-state index contributed by atoms with van der Waals surface area (Å²) in [4.78, 5) is 2.46. The molecule has 1 aliphatic heterocycles. The first kappa shape index (κ1) is 14.4. The molecule has 0 unspecified atom stereocenters. The molecular formula is C16H24N2O. The van der Waals surface area contributed by atoms with E-state index in [0.29, 0.717) is 6.42 Å². The van der Waals surface area contributed by atoms with Crippen LogP contribution in [0.25, 0.3) is 0 Å². The topological polar surface area (TPSA) is 24.5 Å². The van der Waals surface area contributed by atoms with E-state index < -0.39 is 0 Å². The van der Waals surface area contributed by atoms with E-state index in [9.17, 15) is 0 Å². The highest BCUT2D eigenvalue weighted by molar-refractivity contribution is 5.28. The molecular weight excluding hydrogens is 236 g/mol. The van der Waals surface area contributed by atoms with E-state index >= 15 is 0 Å². The molecule has 1 aromatic carbocycles. The lowest BCUT2D eigenvalue weighted by atomic mass is 10.2. The zero-order valence-electron chi connectivity index (χ0n) is 11.6. The van der Waals surface area contributed by atoms with Gasteiger partial charge in [-0.05, 0) is 63.5 Å². The van der Waals surface area contributed by atoms with Gasteiger partial charge < -0.3 is 10.1 Å². The molecule has 0 bridgehead atoms. The van der Waals surface area contributed by atoms with Gasteiger partial charge in [-0.25, -0.2) is 0 Å². The first-order chi connectivity index (χ1) is 9.38. The van der Waals surface area contributed by atoms with E-state index in [1.54, 1.807) is 0 Å². The van der Waals surface area contributed by atoms with Crippen molar-refractivity contribution in [2.75, 3.05) is 32.8 Å². The van der Waals surface area contributed by atoms with Gasteiger partial charge in [0.1, 0.15) is 12.4 Å². The minimum absolute atomic E-state index is 0.673. The fraction of sp³-hybridized carbons (Fsp3) is 0.562. The molecule has 0 saturated carbocycles. The number of nitrogens with zero attached hydrogens (tertiary/aromatic N) is 1. The van der Waals surface area contributed by atoms with Crippen molar-refractivity contribution in [3.8, 4) is 5.75 Å². The Bertz CT molecular complexity index is 362. The van der Waals surface area contributed by atoms with Crippen LogP contribution in [0.3, 0.4) is 0 Å². The van der Waals surface area contributed by atoms with Crippen molar-refractivity contribution in [2.45, 2.75) is 25.8 Å². The summed E-state index contributed by atoms with van der Waals surface area (Å²) in [7, 11) is 0. The van der Waals surface area contributed by atoms with Crippen molar-refractivity contribution in [3.05, 3.63) is 36.8 Å². The molecule has 0 amide bonds. The molecule has 0 aromatic heterocycles. The molecule has 2 radical (unpaired) electrons. The van der Waals surface area contributed by atoms with Crippen LogP contribution in [0, 0.1) is 6.92 Å². The van der Waals surface area contributed by atoms with Crippen LogP contribution in [0.2, 0.25) is 0 Å². The predicted octanol–water partition coefficient (Wildman–Crippen LogP) is 2.35. The van der Waals surface area contributed by atoms with Gasteiger partial charge in [0, 0.05) is 13.1 Å². The first-order valence-corrected chi connectivity index (χ1v) is 7.23. The van der Waals surface area contributed by atoms with Crippen molar-refractivity contribution in [2.24, 2.45) is 0 Å². The second-order valence-electron chi connectivity index (χ2n) is 5.01. The summed E-state index contributed by atoms with van der Waals surface area (Å²) in [5, 5.41) is 3.29. The molecule has 19 heavy (non-hydrogen) atoms. The van der Waals surface area contributed by atoms with E-state index in [-0.39, 0.29) is 0 Å². The minimum atomic E-state index is 0.673. The normalized spacial score (nSPS) is 15.8. The van der Waals surface area contributed by atoms with Crippen molar-refractivity contribution in [1.82, 2.24) is 10.2 Å². The quantitative estimate of drug-likeness (QED) is 0.726. The number of likely N-dealkylation sites (tertiary alicyclic amines) is 1. The van der Waals surface area contributed by atoms with Crippen LogP contribution < -0.4 is 10.1 Å². The van der Waals surface area contributed by atoms with E-state index in [1.165, 1.54) is 31.5 Å². The Morgan fingerprint density at radius 2 is 2.11 bits per heavy atom. The third-order valence-electron chi connectivity index (χ3n) is 3.42. The average Bonchev–Trinajstić information content (AvgIpc) is 2.93. The maximum absolute atomic E-state index is 5.82. The number of benzene rings is 1. The van der Waals surface area contributed by atoms with Gasteiger partial charge in [-0.1, -0.05) is 12.1 Å². The van der Waals surface area contributed by atoms with Crippen LogP contribution in [-0.2, 0) is 6.54 Å². The predicted molar refractivity (Wildman–Crippen MR) is 78.2 cm³/mol. The highest BCUT2D eigenvalue weighted by Crippen LogP contribution is 2.14. The van der Waals surface area contributed by atoms with Gasteiger partial charge in [0.25, 0.3) is 0 Å². The highest BCUT2D eigenvalue weighted by atomic mass is 16.5. The Morgan fingerprint density at radius 3 is 2.89 bits per heavy atom. The summed E-state index contributed by atoms with van der Waals surface area (Å²) in [6.45, 7) is 11.4. The molecule has 104 valence electrons. The fourth-order valence-corrected chi connectivity index (χ4v) is 2.38. The molecule has 3 heteroatoms. The lowest BCUT2D eigenvalue weighted by Crippen LogP contribution is -2.25. The third-order valence-corrected chi connectivity index (χ3v) is 3.42. The van der Waals surface area contributed by atoms with Crippen LogP contribution in [0.5, 0.6) is 5.75 Å². The molecule has 3 nitrogen and oxygen atoms in total. The van der Waals surface area contributed by atoms with E-state index in [2.05, 4.69) is 22.3 Å². The number of rotatable bonds is 8. The third kappa shape index (κ3) is 5.21. The van der Waals surface area contributed by atoms with E-state index in [1.807, 2.05) is 12.1 Å². The molecule has 0 atom stereocenters. The molecule has 1 fully saturated rings. The number of hydrogen-bond donors (Lipinski definition) is 1. The molecule has 0 spiro atoms. The maximum Gasteiger partial charge on any atom is 0.119 e. The molecule has 1 heterocycles. The summed E-state index contributed by atoms with van der Waals surface area (Å²) in [6.07, 6.45) is 3.34. The fourth-order valence-electron chi connectivity index (χ4n) is 2.38. The molecule has 0 aliphatic carbocycles. The Labute approximate surface area is 116 Å². The maximum atomic E-state index is 5.82. The van der Waals surface area contributed by atoms with Crippen LogP contribution in [0.4, 0.5) is 0 Å². The van der Waals surface area contributed by atoms with Gasteiger partial charge in [0.2, 0.25) is 0 Å². The number of nitrogens with one attached hydrogen (secondary N) is 1. The first-order valence-electron chi connectivity index (χ1n) is 7.23. The Kier molecular flexibility index (Phi) is 6.18. The second kappa shape index (κ2) is 8.18. The zero-order chi connectivity index (χ0) is 13.3. The van der Waals surface area contributed by atoms with Crippen LogP contribution in [-0.4, -0.2) is 37.7 Å². The average molecular weight is 260 g/mol. The number of ether oxygens (including phenoxy) is 1. The van der Waals surface area contributed by atoms with Gasteiger partial charge in [0.05, 0.1) is 0 Å². The highest BCUT2D eigenvalue weighted by Gasteiger charge is 2.10. The van der Waals surface area contributed by atoms with Crippen LogP contribution in [0.15, 0.2) is 24.3 Å². The van der Waals surface area contributed by atoms with Crippen molar-refractivity contribution < 1.29 is 4.74 Å². The molecule has 1 aliphatic rings.